The Morgan fingerprint density at radius 1 is 0.767 bits per heavy atom. The van der Waals surface area contributed by atoms with Crippen molar-refractivity contribution in [2.45, 2.75) is 157 Å². The van der Waals surface area contributed by atoms with Crippen molar-refractivity contribution in [3.8, 4) is 0 Å². The average Bonchev–Trinajstić information content (AvgIpc) is 2.97. The van der Waals surface area contributed by atoms with E-state index in [1.165, 1.54) is 123 Å². The van der Waals surface area contributed by atoms with Crippen LogP contribution in [0.1, 0.15) is 133 Å². The number of hydrogen-bond donors (Lipinski definition) is 1. The van der Waals surface area contributed by atoms with Crippen molar-refractivity contribution in [3.63, 3.8) is 0 Å². The van der Waals surface area contributed by atoms with E-state index in [1.807, 2.05) is 0 Å². The Hall–Kier alpha value is -0.500. The molecule has 0 amide bonds. The Bertz CT molecular complexity index is 647. The van der Waals surface area contributed by atoms with Crippen molar-refractivity contribution >= 4 is 0 Å². The number of hydrogen-bond acceptors (Lipinski definition) is 6. The lowest BCUT2D eigenvalue weighted by Crippen LogP contribution is -2.52. The van der Waals surface area contributed by atoms with E-state index in [9.17, 15) is 0 Å². The lowest BCUT2D eigenvalue weighted by molar-refractivity contribution is -0.0876. The Balaban J connectivity index is 0.000000321. The topological polar surface area (TPSA) is 28.2 Å². The van der Waals surface area contributed by atoms with E-state index in [0.717, 1.165) is 17.9 Å². The minimum atomic E-state index is 0.368. The fraction of sp³-hybridized carbons (Fsp3) is 0.946. The van der Waals surface area contributed by atoms with Crippen LogP contribution in [0.15, 0.2) is 13.2 Å². The first-order valence-corrected chi connectivity index (χ1v) is 18.4. The molecule has 4 fully saturated rings. The Morgan fingerprint density at radius 2 is 1.26 bits per heavy atom. The molecule has 4 rings (SSSR count). The van der Waals surface area contributed by atoms with Gasteiger partial charge < -0.3 is 4.90 Å². The fourth-order valence-electron chi connectivity index (χ4n) is 7.37. The third kappa shape index (κ3) is 16.6. The second-order valence-corrected chi connectivity index (χ2v) is 15.4. The lowest BCUT2D eigenvalue weighted by atomic mass is 9.93. The average molecular weight is 607 g/mol. The number of likely N-dealkylation sites (tertiary alicyclic amines) is 2. The molecule has 43 heavy (non-hydrogen) atoms. The van der Waals surface area contributed by atoms with Crippen molar-refractivity contribution < 1.29 is 0 Å². The van der Waals surface area contributed by atoms with Crippen LogP contribution in [0, 0.1) is 11.8 Å². The predicted molar refractivity (Wildman–Crippen MR) is 191 cm³/mol. The van der Waals surface area contributed by atoms with E-state index in [0.29, 0.717) is 17.6 Å². The Morgan fingerprint density at radius 3 is 1.67 bits per heavy atom. The molecule has 0 saturated carbocycles. The van der Waals surface area contributed by atoms with Crippen LogP contribution in [0.25, 0.3) is 0 Å². The summed E-state index contributed by atoms with van der Waals surface area (Å²) in [6, 6.07) is 2.12. The lowest BCUT2D eigenvalue weighted by Gasteiger charge is -2.44. The van der Waals surface area contributed by atoms with Crippen LogP contribution in [-0.2, 0) is 0 Å². The summed E-state index contributed by atoms with van der Waals surface area (Å²) in [7, 11) is 0. The highest BCUT2D eigenvalue weighted by Gasteiger charge is 2.30. The van der Waals surface area contributed by atoms with Gasteiger partial charge in [0.25, 0.3) is 0 Å². The van der Waals surface area contributed by atoms with E-state index in [2.05, 4.69) is 113 Å². The summed E-state index contributed by atoms with van der Waals surface area (Å²) < 4.78 is 0. The second kappa shape index (κ2) is 22.1. The molecular formula is C37H78N6. The molecule has 0 spiro atoms. The van der Waals surface area contributed by atoms with Gasteiger partial charge in [0.2, 0.25) is 0 Å². The normalized spacial score (nSPS) is 25.4. The minimum absolute atomic E-state index is 0.368. The minimum Gasteiger partial charge on any atom is -0.300 e. The number of piperidine rings is 4. The summed E-state index contributed by atoms with van der Waals surface area (Å²) in [5.41, 5.74) is 3.78. The first-order chi connectivity index (χ1) is 20.4. The number of rotatable bonds is 7. The molecule has 4 heterocycles. The monoisotopic (exact) mass is 607 g/mol. The van der Waals surface area contributed by atoms with E-state index in [-0.39, 0.29) is 0 Å². The zero-order valence-corrected chi connectivity index (χ0v) is 31.0. The van der Waals surface area contributed by atoms with Crippen LogP contribution < -0.4 is 5.43 Å². The SMILES string of the molecule is C=C.CC(C)(C)N1CCC(N2CCCCC2)CC1.CC(C)NN1CCCCC1.CCCN(C(C)C)N1CC(C)CC(C)C1. The zero-order valence-electron chi connectivity index (χ0n) is 31.0. The molecule has 2 atom stereocenters. The van der Waals surface area contributed by atoms with Gasteiger partial charge in [-0.2, -0.15) is 0 Å². The molecular weight excluding hydrogens is 528 g/mol. The molecule has 4 saturated heterocycles. The van der Waals surface area contributed by atoms with Gasteiger partial charge in [0.15, 0.2) is 0 Å². The van der Waals surface area contributed by atoms with E-state index in [4.69, 9.17) is 0 Å². The summed E-state index contributed by atoms with van der Waals surface area (Å²) >= 11 is 0. The maximum absolute atomic E-state index is 3.42. The molecule has 256 valence electrons. The fourth-order valence-corrected chi connectivity index (χ4v) is 7.37. The highest BCUT2D eigenvalue weighted by atomic mass is 15.6. The largest absolute Gasteiger partial charge is 0.300 e. The van der Waals surface area contributed by atoms with Gasteiger partial charge in [-0.1, -0.05) is 33.6 Å². The molecule has 0 bridgehead atoms. The quantitative estimate of drug-likeness (QED) is 0.296. The van der Waals surface area contributed by atoms with Gasteiger partial charge in [-0.15, -0.1) is 13.2 Å². The third-order valence-corrected chi connectivity index (χ3v) is 9.38. The molecule has 0 radical (unpaired) electrons. The van der Waals surface area contributed by atoms with Gasteiger partial charge in [-0.05, 0) is 125 Å². The first kappa shape index (κ1) is 40.5. The van der Waals surface area contributed by atoms with Gasteiger partial charge in [0.05, 0.1) is 0 Å². The van der Waals surface area contributed by atoms with Crippen LogP contribution in [0.2, 0.25) is 0 Å². The number of nitrogens with zero attached hydrogens (tertiary/aromatic N) is 5. The van der Waals surface area contributed by atoms with Crippen LogP contribution in [-0.4, -0.2) is 107 Å². The molecule has 6 heteroatoms. The maximum atomic E-state index is 3.42. The molecule has 6 nitrogen and oxygen atoms in total. The van der Waals surface area contributed by atoms with E-state index >= 15 is 0 Å². The maximum Gasteiger partial charge on any atom is 0.0189 e. The van der Waals surface area contributed by atoms with Crippen LogP contribution in [0.4, 0.5) is 0 Å². The number of nitrogens with one attached hydrogen (secondary N) is 1. The summed E-state index contributed by atoms with van der Waals surface area (Å²) in [5, 5.41) is 7.49. The molecule has 4 aliphatic rings. The van der Waals surface area contributed by atoms with Crippen molar-refractivity contribution in [3.05, 3.63) is 13.2 Å². The van der Waals surface area contributed by atoms with E-state index in [1.54, 1.807) is 0 Å². The second-order valence-electron chi connectivity index (χ2n) is 15.4. The van der Waals surface area contributed by atoms with Crippen LogP contribution >= 0.6 is 0 Å². The predicted octanol–water partition coefficient (Wildman–Crippen LogP) is 7.92. The van der Waals surface area contributed by atoms with Crippen molar-refractivity contribution in [2.75, 3.05) is 58.9 Å². The van der Waals surface area contributed by atoms with Gasteiger partial charge in [0.1, 0.15) is 0 Å². The van der Waals surface area contributed by atoms with Gasteiger partial charge in [-0.3, -0.25) is 10.3 Å². The summed E-state index contributed by atoms with van der Waals surface area (Å²) in [6.45, 7) is 40.5. The molecule has 0 aliphatic carbocycles. The third-order valence-electron chi connectivity index (χ3n) is 9.38. The van der Waals surface area contributed by atoms with Gasteiger partial charge >= 0.3 is 0 Å². The molecule has 0 aromatic carbocycles. The van der Waals surface area contributed by atoms with Crippen LogP contribution in [0.5, 0.6) is 0 Å². The Kier molecular flexibility index (Phi) is 20.8. The number of hydrazine groups is 2. The molecule has 0 aromatic rings. The van der Waals surface area contributed by atoms with E-state index < -0.39 is 0 Å². The summed E-state index contributed by atoms with van der Waals surface area (Å²) in [4.78, 5) is 5.40. The summed E-state index contributed by atoms with van der Waals surface area (Å²) in [6.07, 6.45) is 13.9. The zero-order chi connectivity index (χ0) is 32.4. The molecule has 4 aliphatic heterocycles. The standard InChI is InChI=1S/C14H28N2.C13H28N2.C8H18N2.C2H4/c1-14(2,3)16-11-7-13(8-12-16)15-9-5-4-6-10-15;1-6-7-15(11(2)3)14-9-12(4)8-13(5)10-14;1-8(2)9-10-6-4-3-5-7-10;1-2/h13H,4-12H2,1-3H3;11-13H,6-10H2,1-5H3;8-9H,3-7H2,1-2H3;1-2H2. The molecule has 1 N–H and O–H groups in total. The van der Waals surface area contributed by atoms with Crippen molar-refractivity contribution in [1.82, 2.24) is 30.3 Å². The smallest absolute Gasteiger partial charge is 0.0189 e. The van der Waals surface area contributed by atoms with Gasteiger partial charge in [0, 0.05) is 69.5 Å². The highest BCUT2D eigenvalue weighted by Crippen LogP contribution is 2.25. The van der Waals surface area contributed by atoms with Crippen molar-refractivity contribution in [2.24, 2.45) is 11.8 Å². The van der Waals surface area contributed by atoms with Gasteiger partial charge in [-0.25, -0.2) is 15.0 Å². The highest BCUT2D eigenvalue weighted by molar-refractivity contribution is 4.86. The van der Waals surface area contributed by atoms with Crippen molar-refractivity contribution in [1.29, 1.82) is 0 Å². The first-order valence-electron chi connectivity index (χ1n) is 18.4. The summed E-state index contributed by atoms with van der Waals surface area (Å²) in [5.74, 6) is 1.71. The molecule has 0 aromatic heterocycles. The van der Waals surface area contributed by atoms with Crippen LogP contribution in [0.3, 0.4) is 0 Å². The Labute approximate surface area is 270 Å². The molecule has 2 unspecified atom stereocenters.